The molecule has 1 aliphatic rings. The summed E-state index contributed by atoms with van der Waals surface area (Å²) in [5.41, 5.74) is 2.17. The molecule has 2 aromatic rings. The number of allylic oxidation sites excluding steroid dienone is 1. The number of nitrogens with zero attached hydrogens (tertiary/aromatic N) is 3. The van der Waals surface area contributed by atoms with E-state index in [4.69, 9.17) is 9.47 Å². The first-order valence-electron chi connectivity index (χ1n) is 12.2. The van der Waals surface area contributed by atoms with Crippen molar-refractivity contribution in [3.05, 3.63) is 62.3 Å². The predicted octanol–water partition coefficient (Wildman–Crippen LogP) is 4.89. The van der Waals surface area contributed by atoms with Gasteiger partial charge >= 0.3 is 11.9 Å². The molecule has 0 saturated carbocycles. The summed E-state index contributed by atoms with van der Waals surface area (Å²) in [6.07, 6.45) is 3.01. The van der Waals surface area contributed by atoms with Crippen LogP contribution >= 0.6 is 11.3 Å². The van der Waals surface area contributed by atoms with Crippen LogP contribution in [-0.4, -0.2) is 51.2 Å². The molecule has 1 aromatic heterocycles. The molecule has 10 nitrogen and oxygen atoms in total. The highest BCUT2D eigenvalue weighted by Crippen LogP contribution is 2.41. The monoisotopic (exact) mass is 561 g/mol. The quantitative estimate of drug-likeness (QED) is 0.154. The number of nitro benzene ring substituents is 1. The van der Waals surface area contributed by atoms with Crippen molar-refractivity contribution in [2.24, 2.45) is 10.9 Å². The topological polar surface area (TPSA) is 138 Å². The van der Waals surface area contributed by atoms with Crippen LogP contribution in [0, 0.1) is 23.0 Å². The predicted molar refractivity (Wildman–Crippen MR) is 145 cm³/mol. The summed E-state index contributed by atoms with van der Waals surface area (Å²) in [7, 11) is 0.148. The summed E-state index contributed by atoms with van der Waals surface area (Å²) in [4.78, 5) is 45.5. The number of hydrogen-bond acceptors (Lipinski definition) is 10. The van der Waals surface area contributed by atoms with Crippen LogP contribution < -0.4 is 0 Å². The third-order valence-electron chi connectivity index (χ3n) is 6.19. The fourth-order valence-electron chi connectivity index (χ4n) is 4.38. The van der Waals surface area contributed by atoms with Gasteiger partial charge in [0.25, 0.3) is 5.69 Å². The van der Waals surface area contributed by atoms with Gasteiger partial charge in [-0.25, -0.2) is 9.78 Å². The molecule has 3 atom stereocenters. The number of unbranched alkanes of at least 4 members (excludes halogenated alkanes) is 3. The van der Waals surface area contributed by atoms with Gasteiger partial charge in [0.05, 0.1) is 35.0 Å². The Kier molecular flexibility index (Phi) is 10.4. The fourth-order valence-corrected chi connectivity index (χ4v) is 6.61. The molecule has 204 valence electrons. The molecule has 1 aliphatic heterocycles. The largest absolute Gasteiger partial charge is 0.468 e. The molecule has 3 rings (SSSR count). The molecule has 12 heteroatoms. The number of aromatic nitrogens is 1. The molecule has 3 unspecified atom stereocenters. The molecule has 0 saturated heterocycles. The number of carbonyl (C=O) groups is 2. The van der Waals surface area contributed by atoms with Gasteiger partial charge < -0.3 is 9.47 Å². The van der Waals surface area contributed by atoms with Gasteiger partial charge in [-0.2, -0.15) is 0 Å². The number of hydrogen-bond donors (Lipinski definition) is 0. The summed E-state index contributed by atoms with van der Waals surface area (Å²) in [6.45, 7) is 5.36. The normalized spacial score (nSPS) is 18.1. The van der Waals surface area contributed by atoms with Crippen molar-refractivity contribution in [3.63, 3.8) is 0 Å². The van der Waals surface area contributed by atoms with E-state index in [0.717, 1.165) is 25.0 Å². The lowest BCUT2D eigenvalue weighted by Gasteiger charge is -2.31. The van der Waals surface area contributed by atoms with Gasteiger partial charge in [-0.15, -0.1) is 11.3 Å². The average Bonchev–Trinajstić information content (AvgIpc) is 3.33. The number of ether oxygens (including phenoxy) is 2. The lowest BCUT2D eigenvalue weighted by atomic mass is 9.75. The number of non-ortho nitro benzene ring substituents is 1. The van der Waals surface area contributed by atoms with E-state index in [9.17, 15) is 23.9 Å². The highest BCUT2D eigenvalue weighted by atomic mass is 32.2. The third-order valence-corrected chi connectivity index (χ3v) is 8.93. The Morgan fingerprint density at radius 1 is 1.16 bits per heavy atom. The number of methoxy groups -OCH3 is 1. The Hall–Kier alpha value is -3.25. The molecular weight excluding hydrogens is 530 g/mol. The highest BCUT2D eigenvalue weighted by molar-refractivity contribution is 7.87. The zero-order chi connectivity index (χ0) is 27.8. The van der Waals surface area contributed by atoms with E-state index in [1.54, 1.807) is 19.9 Å². The van der Waals surface area contributed by atoms with Crippen LogP contribution in [0.4, 0.5) is 5.69 Å². The molecule has 0 spiro atoms. The van der Waals surface area contributed by atoms with Crippen LogP contribution in [-0.2, 0) is 29.9 Å². The van der Waals surface area contributed by atoms with Crippen molar-refractivity contribution in [3.8, 4) is 0 Å². The van der Waals surface area contributed by atoms with Crippen molar-refractivity contribution in [2.75, 3.05) is 19.5 Å². The second-order valence-corrected chi connectivity index (χ2v) is 11.5. The minimum Gasteiger partial charge on any atom is -0.468 e. The number of thiazole rings is 1. The van der Waals surface area contributed by atoms with Crippen LogP contribution in [0.3, 0.4) is 0 Å². The molecule has 0 aliphatic carbocycles. The van der Waals surface area contributed by atoms with E-state index in [-0.39, 0.29) is 17.9 Å². The summed E-state index contributed by atoms with van der Waals surface area (Å²) >= 11 is 1.41. The summed E-state index contributed by atoms with van der Waals surface area (Å²) in [5, 5.41) is 13.3. The van der Waals surface area contributed by atoms with E-state index in [2.05, 4.69) is 9.98 Å². The van der Waals surface area contributed by atoms with Crippen LogP contribution in [0.15, 0.2) is 50.2 Å². The first-order chi connectivity index (χ1) is 18.1. The van der Waals surface area contributed by atoms with Crippen molar-refractivity contribution >= 4 is 45.5 Å². The zero-order valence-electron chi connectivity index (χ0n) is 21.8. The average molecular weight is 562 g/mol. The van der Waals surface area contributed by atoms with E-state index < -0.39 is 39.5 Å². The first-order valence-corrected chi connectivity index (χ1v) is 14.4. The number of aryl methyl sites for hydroxylation is 1. The Morgan fingerprint density at radius 3 is 2.55 bits per heavy atom. The number of rotatable bonds is 12. The SMILES string of the molecule is COC(=O)C1C(C)=NC(C)=C(C(=O)OCCCCCCS(=O)c2nc(C)cs2)C1c1cccc([N+](=O)[O-])c1. The van der Waals surface area contributed by atoms with Crippen molar-refractivity contribution in [1.82, 2.24) is 4.98 Å². The Balaban J connectivity index is 1.64. The van der Waals surface area contributed by atoms with Gasteiger partial charge in [0.2, 0.25) is 0 Å². The molecule has 0 bridgehead atoms. The van der Waals surface area contributed by atoms with Gasteiger partial charge in [0.15, 0.2) is 4.34 Å². The number of carbonyl (C=O) groups excluding carboxylic acids is 2. The molecule has 0 N–H and O–H groups in total. The number of nitro groups is 1. The molecule has 0 radical (unpaired) electrons. The fraction of sp³-hybridized carbons (Fsp3) is 0.462. The molecule has 1 aromatic carbocycles. The van der Waals surface area contributed by atoms with Crippen LogP contribution in [0.25, 0.3) is 0 Å². The molecule has 0 fully saturated rings. The first kappa shape index (κ1) is 29.3. The summed E-state index contributed by atoms with van der Waals surface area (Å²) in [6, 6.07) is 5.87. The van der Waals surface area contributed by atoms with Crippen molar-refractivity contribution < 1.29 is 28.2 Å². The van der Waals surface area contributed by atoms with Gasteiger partial charge in [-0.05, 0) is 39.2 Å². The summed E-state index contributed by atoms with van der Waals surface area (Å²) < 4.78 is 23.5. The van der Waals surface area contributed by atoms with E-state index in [1.807, 2.05) is 12.3 Å². The van der Waals surface area contributed by atoms with Crippen LogP contribution in [0.1, 0.15) is 56.7 Å². The molecular formula is C26H31N3O7S2. The maximum absolute atomic E-state index is 13.2. The molecule has 0 amide bonds. The standard InChI is InChI=1S/C26H31N3O7S2/c1-16-15-37-26(27-16)38(34)13-8-6-5-7-12-36-25(31)22-18(3)28-17(2)21(24(30)35-4)23(22)19-10-9-11-20(14-19)29(32)33/h9-11,14-15,21,23H,5-8,12-13H2,1-4H3. The lowest BCUT2D eigenvalue weighted by Crippen LogP contribution is -2.36. The van der Waals surface area contributed by atoms with Gasteiger partial charge in [0.1, 0.15) is 5.92 Å². The second-order valence-electron chi connectivity index (χ2n) is 8.94. The summed E-state index contributed by atoms with van der Waals surface area (Å²) in [5.74, 6) is -2.43. The van der Waals surface area contributed by atoms with Crippen LogP contribution in [0.5, 0.6) is 0 Å². The molecule has 2 heterocycles. The Morgan fingerprint density at radius 2 is 1.89 bits per heavy atom. The minimum absolute atomic E-state index is 0.150. The third kappa shape index (κ3) is 7.19. The van der Waals surface area contributed by atoms with E-state index in [1.165, 1.54) is 36.6 Å². The van der Waals surface area contributed by atoms with Gasteiger partial charge in [-0.3, -0.25) is 24.1 Å². The van der Waals surface area contributed by atoms with Crippen molar-refractivity contribution in [2.45, 2.75) is 56.7 Å². The maximum atomic E-state index is 13.2. The Labute approximate surface area is 227 Å². The van der Waals surface area contributed by atoms with Crippen molar-refractivity contribution in [1.29, 1.82) is 0 Å². The van der Waals surface area contributed by atoms with E-state index in [0.29, 0.717) is 33.5 Å². The maximum Gasteiger partial charge on any atom is 0.336 e. The number of benzene rings is 1. The highest BCUT2D eigenvalue weighted by Gasteiger charge is 2.42. The Bertz CT molecular complexity index is 1290. The number of esters is 2. The minimum atomic E-state index is -1.10. The van der Waals surface area contributed by atoms with Gasteiger partial charge in [-0.1, -0.05) is 25.0 Å². The number of aliphatic imine (C=N–C) groups is 1. The smallest absolute Gasteiger partial charge is 0.336 e. The van der Waals surface area contributed by atoms with Crippen LogP contribution in [0.2, 0.25) is 0 Å². The second kappa shape index (κ2) is 13.5. The van der Waals surface area contributed by atoms with E-state index >= 15 is 0 Å². The zero-order valence-corrected chi connectivity index (χ0v) is 23.4. The lowest BCUT2D eigenvalue weighted by molar-refractivity contribution is -0.384. The molecule has 38 heavy (non-hydrogen) atoms. The van der Waals surface area contributed by atoms with Gasteiger partial charge in [0, 0.05) is 46.3 Å².